The molecule has 3 heteroatoms. The maximum Gasteiger partial charge on any atom is 0.126 e. The van der Waals surface area contributed by atoms with Gasteiger partial charge < -0.3 is 9.80 Å². The summed E-state index contributed by atoms with van der Waals surface area (Å²) in [5.74, 6) is -0.0969. The fraction of sp³-hybridized carbons (Fsp3) is 0.571. The summed E-state index contributed by atoms with van der Waals surface area (Å²) in [6, 6.07) is 7.38. The Balaban J connectivity index is 2.48. The number of nitrogens with zero attached hydrogens (tertiary/aromatic N) is 2. The molecule has 1 aromatic rings. The van der Waals surface area contributed by atoms with Crippen molar-refractivity contribution in [3.05, 3.63) is 35.6 Å². The molecule has 0 aliphatic carbocycles. The SMILES string of the molecule is C[C@@H](Cc1ccccc1F)N(C)CCN(C)C. The van der Waals surface area contributed by atoms with E-state index in [1.165, 1.54) is 6.07 Å². The van der Waals surface area contributed by atoms with Gasteiger partial charge in [0.2, 0.25) is 0 Å². The van der Waals surface area contributed by atoms with Crippen molar-refractivity contribution in [2.75, 3.05) is 34.2 Å². The van der Waals surface area contributed by atoms with Crippen molar-refractivity contribution >= 4 is 0 Å². The van der Waals surface area contributed by atoms with Gasteiger partial charge in [0.05, 0.1) is 0 Å². The van der Waals surface area contributed by atoms with Gasteiger partial charge in [0.1, 0.15) is 5.82 Å². The van der Waals surface area contributed by atoms with Crippen LogP contribution in [0.3, 0.4) is 0 Å². The molecule has 0 spiro atoms. The van der Waals surface area contributed by atoms with E-state index >= 15 is 0 Å². The van der Waals surface area contributed by atoms with Crippen LogP contribution in [0.2, 0.25) is 0 Å². The van der Waals surface area contributed by atoms with E-state index in [1.807, 2.05) is 12.1 Å². The van der Waals surface area contributed by atoms with Crippen molar-refractivity contribution in [2.24, 2.45) is 0 Å². The summed E-state index contributed by atoms with van der Waals surface area (Å²) in [7, 11) is 6.22. The van der Waals surface area contributed by atoms with Crippen LogP contribution in [0.1, 0.15) is 12.5 Å². The summed E-state index contributed by atoms with van der Waals surface area (Å²) in [5, 5.41) is 0. The Morgan fingerprint density at radius 3 is 2.35 bits per heavy atom. The number of benzene rings is 1. The topological polar surface area (TPSA) is 6.48 Å². The molecule has 0 N–H and O–H groups in total. The van der Waals surface area contributed by atoms with E-state index in [2.05, 4.69) is 37.9 Å². The van der Waals surface area contributed by atoms with Crippen LogP contribution in [0.5, 0.6) is 0 Å². The molecule has 1 rings (SSSR count). The monoisotopic (exact) mass is 238 g/mol. The van der Waals surface area contributed by atoms with Gasteiger partial charge in [0.15, 0.2) is 0 Å². The van der Waals surface area contributed by atoms with Gasteiger partial charge >= 0.3 is 0 Å². The lowest BCUT2D eigenvalue weighted by molar-refractivity contribution is 0.227. The molecule has 0 aliphatic heterocycles. The Hall–Kier alpha value is -0.930. The average Bonchev–Trinajstić information content (AvgIpc) is 2.28. The number of likely N-dealkylation sites (N-methyl/N-ethyl adjacent to an activating group) is 2. The smallest absolute Gasteiger partial charge is 0.126 e. The van der Waals surface area contributed by atoms with Crippen LogP contribution in [0.25, 0.3) is 0 Å². The first-order valence-corrected chi connectivity index (χ1v) is 6.09. The molecule has 0 fully saturated rings. The van der Waals surface area contributed by atoms with Crippen LogP contribution >= 0.6 is 0 Å². The second-order valence-corrected chi connectivity index (χ2v) is 4.93. The molecule has 0 bridgehead atoms. The van der Waals surface area contributed by atoms with Crippen LogP contribution < -0.4 is 0 Å². The van der Waals surface area contributed by atoms with Crippen LogP contribution in [0, 0.1) is 5.82 Å². The van der Waals surface area contributed by atoms with E-state index in [4.69, 9.17) is 0 Å². The largest absolute Gasteiger partial charge is 0.308 e. The molecule has 1 atom stereocenters. The van der Waals surface area contributed by atoms with Crippen LogP contribution in [-0.2, 0) is 6.42 Å². The normalized spacial score (nSPS) is 13.4. The molecular formula is C14H23FN2. The van der Waals surface area contributed by atoms with E-state index < -0.39 is 0 Å². The molecule has 0 unspecified atom stereocenters. The fourth-order valence-electron chi connectivity index (χ4n) is 1.72. The van der Waals surface area contributed by atoms with Crippen molar-refractivity contribution in [1.82, 2.24) is 9.80 Å². The Kier molecular flexibility index (Phi) is 5.59. The molecule has 96 valence electrons. The van der Waals surface area contributed by atoms with Gasteiger partial charge in [-0.25, -0.2) is 4.39 Å². The molecule has 1 aromatic carbocycles. The van der Waals surface area contributed by atoms with Gasteiger partial charge in [-0.1, -0.05) is 18.2 Å². The van der Waals surface area contributed by atoms with Gasteiger partial charge in [-0.05, 0) is 46.1 Å². The fourth-order valence-corrected chi connectivity index (χ4v) is 1.72. The third-order valence-corrected chi connectivity index (χ3v) is 3.13. The standard InChI is InChI=1S/C14H23FN2/c1-12(17(4)10-9-16(2)3)11-13-7-5-6-8-14(13)15/h5-8,12H,9-11H2,1-4H3/t12-/m0/s1. The highest BCUT2D eigenvalue weighted by Gasteiger charge is 2.12. The second-order valence-electron chi connectivity index (χ2n) is 4.93. The van der Waals surface area contributed by atoms with Crippen molar-refractivity contribution in [3.8, 4) is 0 Å². The minimum absolute atomic E-state index is 0.0969. The molecule has 17 heavy (non-hydrogen) atoms. The predicted octanol–water partition coefficient (Wildman–Crippen LogP) is 2.25. The zero-order valence-corrected chi connectivity index (χ0v) is 11.3. The summed E-state index contributed by atoms with van der Waals surface area (Å²) < 4.78 is 13.5. The number of rotatable bonds is 6. The summed E-state index contributed by atoms with van der Waals surface area (Å²) in [4.78, 5) is 4.43. The lowest BCUT2D eigenvalue weighted by atomic mass is 10.1. The minimum Gasteiger partial charge on any atom is -0.308 e. The van der Waals surface area contributed by atoms with E-state index in [9.17, 15) is 4.39 Å². The second kappa shape index (κ2) is 6.72. The molecule has 0 amide bonds. The van der Waals surface area contributed by atoms with Gasteiger partial charge in [-0.15, -0.1) is 0 Å². The Labute approximate surface area is 104 Å². The summed E-state index contributed by atoms with van der Waals surface area (Å²) >= 11 is 0. The quantitative estimate of drug-likeness (QED) is 0.750. The third-order valence-electron chi connectivity index (χ3n) is 3.13. The Morgan fingerprint density at radius 1 is 1.12 bits per heavy atom. The highest BCUT2D eigenvalue weighted by atomic mass is 19.1. The number of hydrogen-bond acceptors (Lipinski definition) is 2. The van der Waals surface area contributed by atoms with E-state index in [0.29, 0.717) is 6.04 Å². The molecular weight excluding hydrogens is 215 g/mol. The molecule has 0 heterocycles. The van der Waals surface area contributed by atoms with Crippen molar-refractivity contribution in [1.29, 1.82) is 0 Å². The van der Waals surface area contributed by atoms with Crippen molar-refractivity contribution in [2.45, 2.75) is 19.4 Å². The highest BCUT2D eigenvalue weighted by Crippen LogP contribution is 2.11. The minimum atomic E-state index is -0.0969. The zero-order valence-electron chi connectivity index (χ0n) is 11.3. The first-order valence-electron chi connectivity index (χ1n) is 6.09. The van der Waals surface area contributed by atoms with Gasteiger partial charge in [0.25, 0.3) is 0 Å². The van der Waals surface area contributed by atoms with Crippen LogP contribution in [0.15, 0.2) is 24.3 Å². The summed E-state index contributed by atoms with van der Waals surface area (Å²) in [6.45, 7) is 4.17. The number of hydrogen-bond donors (Lipinski definition) is 0. The summed E-state index contributed by atoms with van der Waals surface area (Å²) in [6.07, 6.45) is 0.761. The number of halogens is 1. The molecule has 0 saturated carbocycles. The lowest BCUT2D eigenvalue weighted by Gasteiger charge is -2.26. The van der Waals surface area contributed by atoms with Gasteiger partial charge in [-0.2, -0.15) is 0 Å². The first kappa shape index (κ1) is 14.1. The highest BCUT2D eigenvalue weighted by molar-refractivity contribution is 5.18. The maximum atomic E-state index is 13.5. The maximum absolute atomic E-state index is 13.5. The molecule has 0 aromatic heterocycles. The average molecular weight is 238 g/mol. The van der Waals surface area contributed by atoms with Gasteiger partial charge in [-0.3, -0.25) is 0 Å². The van der Waals surface area contributed by atoms with E-state index in [-0.39, 0.29) is 5.82 Å². The molecule has 0 aliphatic rings. The van der Waals surface area contributed by atoms with E-state index in [1.54, 1.807) is 6.07 Å². The van der Waals surface area contributed by atoms with Crippen molar-refractivity contribution in [3.63, 3.8) is 0 Å². The third kappa shape index (κ3) is 4.84. The molecule has 0 saturated heterocycles. The zero-order chi connectivity index (χ0) is 12.8. The van der Waals surface area contributed by atoms with Gasteiger partial charge in [0, 0.05) is 19.1 Å². The summed E-state index contributed by atoms with van der Waals surface area (Å²) in [5.41, 5.74) is 0.803. The van der Waals surface area contributed by atoms with Crippen LogP contribution in [-0.4, -0.2) is 50.1 Å². The predicted molar refractivity (Wildman–Crippen MR) is 70.8 cm³/mol. The lowest BCUT2D eigenvalue weighted by Crippen LogP contribution is -2.36. The molecule has 2 nitrogen and oxygen atoms in total. The molecule has 0 radical (unpaired) electrons. The first-order chi connectivity index (χ1) is 8.00. The van der Waals surface area contributed by atoms with Crippen molar-refractivity contribution < 1.29 is 4.39 Å². The Morgan fingerprint density at radius 2 is 1.76 bits per heavy atom. The van der Waals surface area contributed by atoms with Crippen LogP contribution in [0.4, 0.5) is 4.39 Å². The van der Waals surface area contributed by atoms with E-state index in [0.717, 1.165) is 25.1 Å². The Bertz CT molecular complexity index is 339.